The summed E-state index contributed by atoms with van der Waals surface area (Å²) in [6.45, 7) is 11.7. The van der Waals surface area contributed by atoms with Crippen molar-refractivity contribution >= 4 is 22.7 Å². The summed E-state index contributed by atoms with van der Waals surface area (Å²) in [6.07, 6.45) is 2.50. The van der Waals surface area contributed by atoms with E-state index in [4.69, 9.17) is 0 Å². The van der Waals surface area contributed by atoms with Gasteiger partial charge in [-0.25, -0.2) is 0 Å². The third-order valence-electron chi connectivity index (χ3n) is 4.88. The van der Waals surface area contributed by atoms with E-state index >= 15 is 0 Å². The molecule has 4 nitrogen and oxygen atoms in total. The molecule has 0 spiro atoms. The summed E-state index contributed by atoms with van der Waals surface area (Å²) in [5.41, 5.74) is 0. The minimum absolute atomic E-state index is 0. The Morgan fingerprint density at radius 2 is 1.19 bits per heavy atom. The molecule has 0 unspecified atom stereocenters. The first-order chi connectivity index (χ1) is 12.9. The zero-order chi connectivity index (χ0) is 17.9. The van der Waals surface area contributed by atoms with Gasteiger partial charge < -0.3 is 20.4 Å². The molecular formula is C20H32CuN4S2+2. The molecule has 2 N–H and O–H groups in total. The van der Waals surface area contributed by atoms with Gasteiger partial charge in [-0.15, -0.1) is 22.7 Å². The molecule has 3 heterocycles. The van der Waals surface area contributed by atoms with E-state index < -0.39 is 0 Å². The van der Waals surface area contributed by atoms with Crippen LogP contribution in [0.25, 0.3) is 0 Å². The molecule has 27 heavy (non-hydrogen) atoms. The van der Waals surface area contributed by atoms with Crippen molar-refractivity contribution in [2.24, 2.45) is 0 Å². The topological polar surface area (TPSA) is 30.5 Å². The largest absolute Gasteiger partial charge is 2.00 e. The van der Waals surface area contributed by atoms with Crippen LogP contribution in [0, 0.1) is 0 Å². The van der Waals surface area contributed by atoms with E-state index in [1.807, 2.05) is 22.7 Å². The predicted octanol–water partition coefficient (Wildman–Crippen LogP) is 3.08. The molecule has 2 aromatic rings. The van der Waals surface area contributed by atoms with E-state index in [1.165, 1.54) is 61.9 Å². The Kier molecular flexibility index (Phi) is 11.8. The average Bonchev–Trinajstić information content (AvgIpc) is 3.36. The average molecular weight is 456 g/mol. The number of rotatable bonds is 12. The summed E-state index contributed by atoms with van der Waals surface area (Å²) in [5.74, 6) is 0. The fraction of sp³-hybridized carbons (Fsp3) is 0.600. The molecule has 153 valence electrons. The van der Waals surface area contributed by atoms with Crippen molar-refractivity contribution in [3.63, 3.8) is 0 Å². The van der Waals surface area contributed by atoms with Gasteiger partial charge in [-0.2, -0.15) is 0 Å². The van der Waals surface area contributed by atoms with Crippen molar-refractivity contribution in [3.05, 3.63) is 44.8 Å². The predicted molar refractivity (Wildman–Crippen MR) is 114 cm³/mol. The summed E-state index contributed by atoms with van der Waals surface area (Å²) < 4.78 is 0. The molecule has 0 amide bonds. The van der Waals surface area contributed by atoms with E-state index in [0.717, 1.165) is 26.2 Å². The van der Waals surface area contributed by atoms with Crippen molar-refractivity contribution in [3.8, 4) is 0 Å². The van der Waals surface area contributed by atoms with Crippen LogP contribution in [-0.4, -0.2) is 62.2 Å². The van der Waals surface area contributed by atoms with Gasteiger partial charge >= 0.3 is 17.1 Å². The van der Waals surface area contributed by atoms with Crippen molar-refractivity contribution in [1.29, 1.82) is 0 Å². The zero-order valence-corrected chi connectivity index (χ0v) is 18.5. The van der Waals surface area contributed by atoms with E-state index in [2.05, 4.69) is 55.5 Å². The molecular weight excluding hydrogens is 424 g/mol. The Morgan fingerprint density at radius 1 is 0.741 bits per heavy atom. The van der Waals surface area contributed by atoms with Crippen molar-refractivity contribution < 1.29 is 17.1 Å². The number of hydrogen-bond donors (Lipinski definition) is 2. The molecule has 3 rings (SSSR count). The monoisotopic (exact) mass is 455 g/mol. The first-order valence-corrected chi connectivity index (χ1v) is 11.6. The Morgan fingerprint density at radius 3 is 1.56 bits per heavy atom. The summed E-state index contributed by atoms with van der Waals surface area (Å²) in [4.78, 5) is 8.11. The van der Waals surface area contributed by atoms with Gasteiger partial charge in [0.15, 0.2) is 0 Å². The smallest absolute Gasteiger partial charge is 0.312 e. The molecule has 0 aromatic carbocycles. The van der Waals surface area contributed by atoms with Gasteiger partial charge in [0.05, 0.1) is 0 Å². The van der Waals surface area contributed by atoms with Crippen LogP contribution in [0.5, 0.6) is 0 Å². The first-order valence-electron chi connectivity index (χ1n) is 9.81. The van der Waals surface area contributed by atoms with Crippen LogP contribution in [0.3, 0.4) is 0 Å². The molecule has 1 aliphatic heterocycles. The maximum Gasteiger partial charge on any atom is 2.00 e. The third-order valence-corrected chi connectivity index (χ3v) is 6.63. The van der Waals surface area contributed by atoms with E-state index in [0.29, 0.717) is 0 Å². The number of nitrogens with one attached hydrogen (secondary N) is 2. The van der Waals surface area contributed by atoms with Gasteiger partial charge in [-0.3, -0.25) is 0 Å². The zero-order valence-electron chi connectivity index (χ0n) is 16.0. The van der Waals surface area contributed by atoms with Gasteiger partial charge in [0, 0.05) is 49.0 Å². The van der Waals surface area contributed by atoms with Crippen LogP contribution in [0.1, 0.15) is 22.6 Å². The Labute approximate surface area is 182 Å². The van der Waals surface area contributed by atoms with Crippen molar-refractivity contribution in [1.82, 2.24) is 20.4 Å². The molecule has 2 aromatic heterocycles. The van der Waals surface area contributed by atoms with Crippen molar-refractivity contribution in [2.45, 2.75) is 25.9 Å². The maximum absolute atomic E-state index is 3.55. The first kappa shape index (κ1) is 23.0. The van der Waals surface area contributed by atoms with Crippen LogP contribution in [-0.2, 0) is 30.2 Å². The minimum Gasteiger partial charge on any atom is -0.312 e. The van der Waals surface area contributed by atoms with Gasteiger partial charge in [0.2, 0.25) is 0 Å². The second kappa shape index (κ2) is 13.9. The normalized spacial score (nSPS) is 15.7. The Hall–Kier alpha value is -0.241. The molecule has 0 aliphatic carbocycles. The van der Waals surface area contributed by atoms with E-state index in [-0.39, 0.29) is 17.1 Å². The van der Waals surface area contributed by atoms with Gasteiger partial charge in [-0.05, 0) is 61.9 Å². The molecule has 0 saturated carbocycles. The minimum atomic E-state index is 0. The second-order valence-electron chi connectivity index (χ2n) is 6.90. The SMILES string of the molecule is [Cu+2].c1csc(CNCCCN2CCN(CCCNCc3cccs3)CC2)c1. The Balaban J connectivity index is 0.00000261. The van der Waals surface area contributed by atoms with Gasteiger partial charge in [-0.1, -0.05) is 12.1 Å². The summed E-state index contributed by atoms with van der Waals surface area (Å²) >= 11 is 3.67. The van der Waals surface area contributed by atoms with Crippen molar-refractivity contribution in [2.75, 3.05) is 52.4 Å². The third kappa shape index (κ3) is 9.20. The Bertz CT molecular complexity index is 517. The van der Waals surface area contributed by atoms with Crippen LogP contribution >= 0.6 is 22.7 Å². The van der Waals surface area contributed by atoms with Crippen LogP contribution in [0.4, 0.5) is 0 Å². The molecule has 1 aliphatic rings. The fourth-order valence-corrected chi connectivity index (χ4v) is 4.69. The fourth-order valence-electron chi connectivity index (χ4n) is 3.34. The summed E-state index contributed by atoms with van der Waals surface area (Å²) in [6, 6.07) is 8.66. The molecule has 7 heteroatoms. The number of nitrogens with zero attached hydrogens (tertiary/aromatic N) is 2. The molecule has 1 radical (unpaired) electrons. The molecule has 1 saturated heterocycles. The van der Waals surface area contributed by atoms with Gasteiger partial charge in [0.1, 0.15) is 0 Å². The second-order valence-corrected chi connectivity index (χ2v) is 8.97. The summed E-state index contributed by atoms with van der Waals surface area (Å²) in [7, 11) is 0. The maximum atomic E-state index is 3.55. The number of thiophene rings is 2. The standard InChI is InChI=1S/C20H32N4S2.Cu/c1-5-19(25-15-1)17-21-7-3-9-23-11-13-24(14-12-23)10-4-8-22-18-20-6-2-16-26-20;/h1-2,5-6,15-16,21-22H,3-4,7-14,17-18H2;/q;+2. The molecule has 0 bridgehead atoms. The molecule has 1 fully saturated rings. The van der Waals surface area contributed by atoms with Gasteiger partial charge in [0.25, 0.3) is 0 Å². The quantitative estimate of drug-likeness (QED) is 0.380. The van der Waals surface area contributed by atoms with Crippen LogP contribution in [0.15, 0.2) is 35.0 Å². The van der Waals surface area contributed by atoms with E-state index in [9.17, 15) is 0 Å². The van der Waals surface area contributed by atoms with E-state index in [1.54, 1.807) is 0 Å². The number of piperazine rings is 1. The summed E-state index contributed by atoms with van der Waals surface area (Å²) in [5, 5.41) is 11.4. The van der Waals surface area contributed by atoms with Crippen LogP contribution in [0.2, 0.25) is 0 Å². The molecule has 0 atom stereocenters. The number of hydrogen-bond acceptors (Lipinski definition) is 6. The van der Waals surface area contributed by atoms with Crippen LogP contribution < -0.4 is 10.6 Å².